The van der Waals surface area contributed by atoms with Crippen LogP contribution < -0.4 is 15.9 Å². The van der Waals surface area contributed by atoms with E-state index in [0.29, 0.717) is 0 Å². The lowest BCUT2D eigenvalue weighted by atomic mass is 10.2. The molecule has 1 N–H and O–H groups in total. The first-order valence-corrected chi connectivity index (χ1v) is 9.18. The lowest BCUT2D eigenvalue weighted by molar-refractivity contribution is 0.633. The molecule has 22 heavy (non-hydrogen) atoms. The van der Waals surface area contributed by atoms with Gasteiger partial charge >= 0.3 is 0 Å². The van der Waals surface area contributed by atoms with Crippen molar-refractivity contribution in [3.8, 4) is 0 Å². The smallest absolute Gasteiger partial charge is 0.235 e. The third-order valence-corrected chi connectivity index (χ3v) is 7.47. The summed E-state index contributed by atoms with van der Waals surface area (Å²) in [6, 6.07) is 26.3. The van der Waals surface area contributed by atoms with Crippen LogP contribution in [0.5, 0.6) is 0 Å². The third-order valence-electron chi connectivity index (χ3n) is 4.02. The van der Waals surface area contributed by atoms with Crippen LogP contribution >= 0.6 is 7.49 Å². The second-order valence-electron chi connectivity index (χ2n) is 5.55. The molecule has 0 radical (unpaired) electrons. The Morgan fingerprint density at radius 3 is 1.41 bits per heavy atom. The van der Waals surface area contributed by atoms with E-state index in [0.717, 1.165) is 27.0 Å². The Morgan fingerprint density at radius 1 is 0.591 bits per heavy atom. The molecule has 0 unspecified atom stereocenters. The van der Waals surface area contributed by atoms with Crippen LogP contribution in [0.2, 0.25) is 0 Å². The van der Waals surface area contributed by atoms with Gasteiger partial charge < -0.3 is 0 Å². The SMILES string of the molecule is Cc1cccc(C)c1[P+](O)(c1ccccc1)c1ccccc1. The average molecular weight is 307 g/mol. The van der Waals surface area contributed by atoms with Gasteiger partial charge in [-0.3, -0.25) is 0 Å². The Morgan fingerprint density at radius 2 is 1.00 bits per heavy atom. The highest BCUT2D eigenvalue weighted by atomic mass is 31.2. The minimum atomic E-state index is -2.60. The second-order valence-corrected chi connectivity index (χ2v) is 8.30. The first-order valence-electron chi connectivity index (χ1n) is 7.44. The van der Waals surface area contributed by atoms with Gasteiger partial charge in [-0.25, -0.2) is 4.89 Å². The van der Waals surface area contributed by atoms with Crippen molar-refractivity contribution in [3.05, 3.63) is 90.0 Å². The molecule has 0 fully saturated rings. The van der Waals surface area contributed by atoms with E-state index in [1.807, 2.05) is 60.7 Å². The molecule has 3 aromatic carbocycles. The minimum absolute atomic E-state index is 0.999. The summed E-state index contributed by atoms with van der Waals surface area (Å²) in [7, 11) is -2.60. The zero-order chi connectivity index (χ0) is 15.6. The standard InChI is InChI=1S/C20H20OP/c1-16-10-9-11-17(2)20(16)22(21,18-12-5-3-6-13-18)19-14-7-4-8-15-19/h3-15,21H,1-2H3/q+1. The normalized spacial score (nSPS) is 11.4. The lowest BCUT2D eigenvalue weighted by Gasteiger charge is -2.23. The molecule has 0 amide bonds. The van der Waals surface area contributed by atoms with Crippen molar-refractivity contribution in [2.45, 2.75) is 13.8 Å². The topological polar surface area (TPSA) is 20.2 Å². The summed E-state index contributed by atoms with van der Waals surface area (Å²) in [5, 5.41) is 3.07. The fourth-order valence-electron chi connectivity index (χ4n) is 3.01. The molecule has 3 aromatic rings. The van der Waals surface area contributed by atoms with Crippen molar-refractivity contribution in [1.29, 1.82) is 0 Å². The highest BCUT2D eigenvalue weighted by Gasteiger charge is 2.46. The molecule has 1 nitrogen and oxygen atoms in total. The highest BCUT2D eigenvalue weighted by Crippen LogP contribution is 2.52. The fraction of sp³-hybridized carbons (Fsp3) is 0.100. The molecule has 0 aliphatic rings. The number of rotatable bonds is 3. The molecule has 0 atom stereocenters. The Balaban J connectivity index is 2.34. The largest absolute Gasteiger partial charge is 0.239 e. The van der Waals surface area contributed by atoms with Gasteiger partial charge in [-0.05, 0) is 49.2 Å². The quantitative estimate of drug-likeness (QED) is 0.734. The summed E-state index contributed by atoms with van der Waals surface area (Å²) >= 11 is 0. The maximum Gasteiger partial charge on any atom is 0.239 e. The van der Waals surface area contributed by atoms with Crippen molar-refractivity contribution in [3.63, 3.8) is 0 Å². The van der Waals surface area contributed by atoms with Crippen molar-refractivity contribution in [2.75, 3.05) is 0 Å². The Hall–Kier alpha value is -1.95. The van der Waals surface area contributed by atoms with E-state index in [-0.39, 0.29) is 0 Å². The molecular formula is C20H20OP+. The van der Waals surface area contributed by atoms with Crippen LogP contribution in [0.25, 0.3) is 0 Å². The maximum atomic E-state index is 11.9. The zero-order valence-electron chi connectivity index (χ0n) is 12.9. The van der Waals surface area contributed by atoms with Crippen molar-refractivity contribution in [2.24, 2.45) is 0 Å². The van der Waals surface area contributed by atoms with E-state index in [1.165, 1.54) is 0 Å². The molecule has 3 rings (SSSR count). The van der Waals surface area contributed by atoms with Gasteiger partial charge in [0, 0.05) is 0 Å². The first-order chi connectivity index (χ1) is 10.6. The van der Waals surface area contributed by atoms with Crippen LogP contribution in [0, 0.1) is 13.8 Å². The second kappa shape index (κ2) is 6.04. The number of aryl methyl sites for hydroxylation is 2. The Bertz CT molecular complexity index is 706. The molecule has 0 saturated heterocycles. The molecule has 0 spiro atoms. The van der Waals surface area contributed by atoms with Crippen LogP contribution in [0.1, 0.15) is 11.1 Å². The van der Waals surface area contributed by atoms with E-state index >= 15 is 0 Å². The number of hydrogen-bond donors (Lipinski definition) is 1. The first kappa shape index (κ1) is 15.0. The van der Waals surface area contributed by atoms with E-state index in [9.17, 15) is 4.89 Å². The molecule has 0 aliphatic heterocycles. The van der Waals surface area contributed by atoms with Gasteiger partial charge in [0.05, 0.1) is 0 Å². The van der Waals surface area contributed by atoms with Crippen LogP contribution in [0.4, 0.5) is 0 Å². The van der Waals surface area contributed by atoms with Gasteiger partial charge in [0.15, 0.2) is 0 Å². The molecule has 2 heteroatoms. The van der Waals surface area contributed by atoms with Gasteiger partial charge in [-0.15, -0.1) is 0 Å². The van der Waals surface area contributed by atoms with Gasteiger partial charge in [0.2, 0.25) is 7.49 Å². The minimum Gasteiger partial charge on any atom is -0.235 e. The van der Waals surface area contributed by atoms with Crippen LogP contribution in [-0.4, -0.2) is 4.89 Å². The van der Waals surface area contributed by atoms with Crippen molar-refractivity contribution >= 4 is 23.4 Å². The molecule has 0 aliphatic carbocycles. The van der Waals surface area contributed by atoms with E-state index in [1.54, 1.807) is 0 Å². The predicted octanol–water partition coefficient (Wildman–Crippen LogP) is 3.50. The van der Waals surface area contributed by atoms with E-state index in [4.69, 9.17) is 0 Å². The summed E-state index contributed by atoms with van der Waals surface area (Å²) in [5.74, 6) is 0. The number of hydrogen-bond acceptors (Lipinski definition) is 1. The summed E-state index contributed by atoms with van der Waals surface area (Å²) in [4.78, 5) is 11.9. The van der Waals surface area contributed by atoms with Crippen LogP contribution in [-0.2, 0) is 0 Å². The van der Waals surface area contributed by atoms with Crippen molar-refractivity contribution < 1.29 is 4.89 Å². The summed E-state index contributed by atoms with van der Waals surface area (Å²) in [5.41, 5.74) is 2.28. The monoisotopic (exact) mass is 307 g/mol. The highest BCUT2D eigenvalue weighted by molar-refractivity contribution is 7.91. The van der Waals surface area contributed by atoms with Gasteiger partial charge in [0.1, 0.15) is 15.9 Å². The molecule has 0 saturated carbocycles. The van der Waals surface area contributed by atoms with Crippen LogP contribution in [0.3, 0.4) is 0 Å². The fourth-order valence-corrected chi connectivity index (χ4v) is 6.20. The van der Waals surface area contributed by atoms with Gasteiger partial charge in [-0.1, -0.05) is 54.6 Å². The lowest BCUT2D eigenvalue weighted by Crippen LogP contribution is -2.33. The third kappa shape index (κ3) is 2.47. The summed E-state index contributed by atoms with van der Waals surface area (Å²) < 4.78 is 0. The Kier molecular flexibility index (Phi) is 4.11. The molecule has 110 valence electrons. The molecule has 0 aromatic heterocycles. The molecule has 0 bridgehead atoms. The van der Waals surface area contributed by atoms with Crippen molar-refractivity contribution in [1.82, 2.24) is 0 Å². The maximum absolute atomic E-state index is 11.9. The zero-order valence-corrected chi connectivity index (χ0v) is 13.8. The van der Waals surface area contributed by atoms with Gasteiger partial charge in [-0.2, -0.15) is 0 Å². The Labute approximate surface area is 132 Å². The molecular weight excluding hydrogens is 287 g/mol. The summed E-state index contributed by atoms with van der Waals surface area (Å²) in [6.45, 7) is 4.17. The summed E-state index contributed by atoms with van der Waals surface area (Å²) in [6.07, 6.45) is 0. The van der Waals surface area contributed by atoms with Crippen LogP contribution in [0.15, 0.2) is 78.9 Å². The molecule has 0 heterocycles. The predicted molar refractivity (Wildman–Crippen MR) is 96.8 cm³/mol. The van der Waals surface area contributed by atoms with Gasteiger partial charge in [0.25, 0.3) is 0 Å². The average Bonchev–Trinajstić information content (AvgIpc) is 2.56. The van der Waals surface area contributed by atoms with E-state index < -0.39 is 7.49 Å². The number of benzene rings is 3. The van der Waals surface area contributed by atoms with E-state index in [2.05, 4.69) is 32.0 Å².